The molecular weight excluding hydrogens is 168 g/mol. The molecule has 0 spiro atoms. The first-order chi connectivity index (χ1) is 6.63. The van der Waals surface area contributed by atoms with Crippen LogP contribution < -0.4 is 0 Å². The second-order valence-electron chi connectivity index (χ2n) is 4.39. The van der Waals surface area contributed by atoms with Gasteiger partial charge in [0, 0.05) is 5.92 Å². The fraction of sp³-hybridized carbons (Fsp3) is 0.429. The van der Waals surface area contributed by atoms with Crippen LogP contribution in [-0.4, -0.2) is 0 Å². The summed E-state index contributed by atoms with van der Waals surface area (Å²) in [6.07, 6.45) is 8.00. The lowest BCUT2D eigenvalue weighted by atomic mass is 9.89. The van der Waals surface area contributed by atoms with Gasteiger partial charge in [-0.3, -0.25) is 0 Å². The lowest BCUT2D eigenvalue weighted by molar-refractivity contribution is 0.869. The molecule has 74 valence electrons. The summed E-state index contributed by atoms with van der Waals surface area (Å²) in [5.74, 6) is 0.578. The molecule has 0 atom stereocenters. The van der Waals surface area contributed by atoms with Gasteiger partial charge < -0.3 is 0 Å². The molecule has 0 bridgehead atoms. The number of allylic oxidation sites excluding steroid dienone is 8. The maximum Gasteiger partial charge on any atom is 0.0260 e. The van der Waals surface area contributed by atoms with E-state index in [1.807, 2.05) is 0 Å². The minimum Gasteiger partial charge on any atom is -0.0804 e. The maximum atomic E-state index is 2.35. The Bertz CT molecular complexity index is 360. The first kappa shape index (κ1) is 9.51. The van der Waals surface area contributed by atoms with Crippen LogP contribution in [0.25, 0.3) is 0 Å². The van der Waals surface area contributed by atoms with Gasteiger partial charge in [0.1, 0.15) is 0 Å². The van der Waals surface area contributed by atoms with Gasteiger partial charge in [-0.1, -0.05) is 29.4 Å². The van der Waals surface area contributed by atoms with Crippen molar-refractivity contribution < 1.29 is 0 Å². The van der Waals surface area contributed by atoms with E-state index < -0.39 is 0 Å². The van der Waals surface area contributed by atoms with Crippen LogP contribution in [0.15, 0.2) is 46.1 Å². The maximum absolute atomic E-state index is 2.35. The minimum atomic E-state index is 0.578. The lowest BCUT2D eigenvalue weighted by Crippen LogP contribution is -2.02. The van der Waals surface area contributed by atoms with Crippen molar-refractivity contribution in [2.45, 2.75) is 34.1 Å². The van der Waals surface area contributed by atoms with Crippen molar-refractivity contribution in [2.24, 2.45) is 5.92 Å². The van der Waals surface area contributed by atoms with E-state index in [1.165, 1.54) is 27.9 Å². The van der Waals surface area contributed by atoms with Crippen molar-refractivity contribution >= 4 is 0 Å². The van der Waals surface area contributed by atoms with E-state index in [4.69, 9.17) is 0 Å². The largest absolute Gasteiger partial charge is 0.0804 e. The zero-order chi connectivity index (χ0) is 10.3. The van der Waals surface area contributed by atoms with Crippen molar-refractivity contribution in [3.05, 3.63) is 46.1 Å². The van der Waals surface area contributed by atoms with Gasteiger partial charge in [-0.15, -0.1) is 0 Å². The smallest absolute Gasteiger partial charge is 0.0260 e. The van der Waals surface area contributed by atoms with Crippen LogP contribution in [0.2, 0.25) is 0 Å². The lowest BCUT2D eigenvalue weighted by Gasteiger charge is -2.15. The molecule has 0 unspecified atom stereocenters. The van der Waals surface area contributed by atoms with Crippen LogP contribution in [0, 0.1) is 5.92 Å². The first-order valence-corrected chi connectivity index (χ1v) is 5.34. The summed E-state index contributed by atoms with van der Waals surface area (Å²) >= 11 is 0. The Balaban J connectivity index is 2.43. The SMILES string of the molecule is CC1=C(C)C(C2=CCC=C2)C(C)=C1C. The fourth-order valence-electron chi connectivity index (χ4n) is 2.54. The molecule has 0 aromatic rings. The summed E-state index contributed by atoms with van der Waals surface area (Å²) in [4.78, 5) is 0. The molecule has 0 saturated carbocycles. The average Bonchev–Trinajstić information content (AvgIpc) is 2.73. The topological polar surface area (TPSA) is 0 Å². The Morgan fingerprint density at radius 2 is 1.57 bits per heavy atom. The molecule has 2 aliphatic carbocycles. The molecule has 2 rings (SSSR count). The van der Waals surface area contributed by atoms with Gasteiger partial charge in [-0.05, 0) is 50.8 Å². The molecule has 0 N–H and O–H groups in total. The molecule has 2 aliphatic rings. The molecule has 0 saturated heterocycles. The molecule has 0 nitrogen and oxygen atoms in total. The molecule has 0 fully saturated rings. The van der Waals surface area contributed by atoms with E-state index in [0.717, 1.165) is 6.42 Å². The Labute approximate surface area is 86.7 Å². The van der Waals surface area contributed by atoms with Crippen molar-refractivity contribution in [3.63, 3.8) is 0 Å². The van der Waals surface area contributed by atoms with Crippen molar-refractivity contribution in [1.29, 1.82) is 0 Å². The van der Waals surface area contributed by atoms with E-state index >= 15 is 0 Å². The highest BCUT2D eigenvalue weighted by molar-refractivity contribution is 5.53. The Hall–Kier alpha value is -1.04. The summed E-state index contributed by atoms with van der Waals surface area (Å²) in [6.45, 7) is 9.03. The molecule has 0 aliphatic heterocycles. The van der Waals surface area contributed by atoms with Gasteiger partial charge in [0.05, 0.1) is 0 Å². The van der Waals surface area contributed by atoms with E-state index in [9.17, 15) is 0 Å². The zero-order valence-electron chi connectivity index (χ0n) is 9.52. The molecule has 14 heavy (non-hydrogen) atoms. The van der Waals surface area contributed by atoms with Crippen molar-refractivity contribution in [2.75, 3.05) is 0 Å². The highest BCUT2D eigenvalue weighted by Crippen LogP contribution is 2.41. The van der Waals surface area contributed by atoms with Crippen molar-refractivity contribution in [3.8, 4) is 0 Å². The van der Waals surface area contributed by atoms with Crippen LogP contribution in [0.3, 0.4) is 0 Å². The predicted molar refractivity (Wildman–Crippen MR) is 62.1 cm³/mol. The van der Waals surface area contributed by atoms with Gasteiger partial charge in [-0.25, -0.2) is 0 Å². The quantitative estimate of drug-likeness (QED) is 0.576. The second-order valence-corrected chi connectivity index (χ2v) is 4.39. The zero-order valence-corrected chi connectivity index (χ0v) is 9.52. The van der Waals surface area contributed by atoms with E-state index in [1.54, 1.807) is 0 Å². The molecule has 0 aromatic carbocycles. The number of rotatable bonds is 1. The average molecular weight is 186 g/mol. The highest BCUT2D eigenvalue weighted by atomic mass is 14.3. The van der Waals surface area contributed by atoms with Crippen molar-refractivity contribution in [1.82, 2.24) is 0 Å². The second kappa shape index (κ2) is 3.27. The molecule has 0 heterocycles. The Kier molecular flexibility index (Phi) is 2.22. The van der Waals surface area contributed by atoms with E-state index in [0.29, 0.717) is 5.92 Å². The van der Waals surface area contributed by atoms with Crippen LogP contribution in [-0.2, 0) is 0 Å². The Morgan fingerprint density at radius 3 is 2.00 bits per heavy atom. The molecule has 0 heteroatoms. The third kappa shape index (κ3) is 1.21. The van der Waals surface area contributed by atoms with Gasteiger partial charge in [0.15, 0.2) is 0 Å². The summed E-state index contributed by atoms with van der Waals surface area (Å²) in [5.41, 5.74) is 7.56. The van der Waals surface area contributed by atoms with Gasteiger partial charge in [0.25, 0.3) is 0 Å². The van der Waals surface area contributed by atoms with E-state index in [2.05, 4.69) is 45.9 Å². The first-order valence-electron chi connectivity index (χ1n) is 5.34. The summed E-state index contributed by atoms with van der Waals surface area (Å²) in [6, 6.07) is 0. The standard InChI is InChI=1S/C14H18/c1-9-10(2)12(4)14(11(9)3)13-7-5-6-8-13/h5,7-8,14H,6H2,1-4H3. The summed E-state index contributed by atoms with van der Waals surface area (Å²) in [7, 11) is 0. The normalized spacial score (nSPS) is 22.7. The monoisotopic (exact) mass is 186 g/mol. The Morgan fingerprint density at radius 1 is 1.00 bits per heavy atom. The highest BCUT2D eigenvalue weighted by Gasteiger charge is 2.26. The third-order valence-electron chi connectivity index (χ3n) is 3.74. The summed E-state index contributed by atoms with van der Waals surface area (Å²) < 4.78 is 0. The van der Waals surface area contributed by atoms with Gasteiger partial charge in [0.2, 0.25) is 0 Å². The molecule has 0 amide bonds. The molecule has 0 aromatic heterocycles. The van der Waals surface area contributed by atoms with Crippen LogP contribution in [0.1, 0.15) is 34.1 Å². The van der Waals surface area contributed by atoms with E-state index in [-0.39, 0.29) is 0 Å². The number of hydrogen-bond donors (Lipinski definition) is 0. The van der Waals surface area contributed by atoms with Gasteiger partial charge >= 0.3 is 0 Å². The summed E-state index contributed by atoms with van der Waals surface area (Å²) in [5, 5.41) is 0. The predicted octanol–water partition coefficient (Wildman–Crippen LogP) is 4.18. The van der Waals surface area contributed by atoms with Crippen LogP contribution in [0.5, 0.6) is 0 Å². The van der Waals surface area contributed by atoms with Crippen LogP contribution in [0.4, 0.5) is 0 Å². The van der Waals surface area contributed by atoms with Gasteiger partial charge in [-0.2, -0.15) is 0 Å². The molecular formula is C14H18. The van der Waals surface area contributed by atoms with Crippen LogP contribution >= 0.6 is 0 Å². The third-order valence-corrected chi connectivity index (χ3v) is 3.74. The number of hydrogen-bond acceptors (Lipinski definition) is 0. The molecule has 0 radical (unpaired) electrons. The minimum absolute atomic E-state index is 0.578. The fourth-order valence-corrected chi connectivity index (χ4v) is 2.54.